The van der Waals surface area contributed by atoms with Crippen LogP contribution in [0.5, 0.6) is 0 Å². The molecule has 0 aliphatic carbocycles. The molecule has 0 rings (SSSR count). The van der Waals surface area contributed by atoms with Crippen LogP contribution in [0.3, 0.4) is 0 Å². The highest BCUT2D eigenvalue weighted by atomic mass is 16.6. The lowest BCUT2D eigenvalue weighted by Gasteiger charge is -2.08. The Labute approximate surface area is 148 Å². The van der Waals surface area contributed by atoms with Crippen LogP contribution in [0, 0.1) is 10.1 Å². The van der Waals surface area contributed by atoms with E-state index in [9.17, 15) is 14.9 Å². The molecule has 0 saturated heterocycles. The first kappa shape index (κ1) is 23.1. The molecule has 0 saturated carbocycles. The van der Waals surface area contributed by atoms with Crippen molar-refractivity contribution in [1.82, 2.24) is 0 Å². The third kappa shape index (κ3) is 13.5. The summed E-state index contributed by atoms with van der Waals surface area (Å²) in [5.74, 6) is -0.166. The number of unbranched alkanes of at least 4 members (excludes halogenated alkanes) is 12. The second kappa shape index (κ2) is 16.9. The molecule has 4 nitrogen and oxygen atoms in total. The largest absolute Gasteiger partial charge is 0.292 e. The number of Topliss-reactive ketones (excluding diaryl/α,β-unsaturated/α-hetero) is 1. The van der Waals surface area contributed by atoms with Crippen LogP contribution in [0.4, 0.5) is 0 Å². The quantitative estimate of drug-likeness (QED) is 0.163. The second-order valence-electron chi connectivity index (χ2n) is 7.05. The van der Waals surface area contributed by atoms with Gasteiger partial charge in [0, 0.05) is 17.8 Å². The van der Waals surface area contributed by atoms with E-state index in [-0.39, 0.29) is 5.78 Å². The number of ketones is 1. The lowest BCUT2D eigenvalue weighted by Crippen LogP contribution is -2.29. The third-order valence-corrected chi connectivity index (χ3v) is 4.73. The molecule has 0 fully saturated rings. The summed E-state index contributed by atoms with van der Waals surface area (Å²) in [4.78, 5) is 22.5. The van der Waals surface area contributed by atoms with E-state index in [1.807, 2.05) is 6.92 Å². The van der Waals surface area contributed by atoms with Crippen molar-refractivity contribution in [2.45, 2.75) is 123 Å². The molecule has 1 atom stereocenters. The summed E-state index contributed by atoms with van der Waals surface area (Å²) in [6, 6.07) is -0.961. The molecular weight excluding hydrogens is 302 g/mol. The van der Waals surface area contributed by atoms with E-state index < -0.39 is 11.0 Å². The van der Waals surface area contributed by atoms with Gasteiger partial charge in [-0.3, -0.25) is 14.9 Å². The summed E-state index contributed by atoms with van der Waals surface area (Å²) in [6.07, 6.45) is 17.4. The van der Waals surface area contributed by atoms with Gasteiger partial charge in [0.15, 0.2) is 0 Å². The number of carbonyl (C=O) groups excluding carboxylic acids is 1. The summed E-state index contributed by atoms with van der Waals surface area (Å²) in [6.45, 7) is 4.24. The van der Waals surface area contributed by atoms with Gasteiger partial charge in [-0.2, -0.15) is 0 Å². The van der Waals surface area contributed by atoms with Gasteiger partial charge in [0.2, 0.25) is 5.78 Å². The molecular formula is C20H39NO3. The number of hydrogen-bond acceptors (Lipinski definition) is 3. The highest BCUT2D eigenvalue weighted by Crippen LogP contribution is 2.14. The summed E-state index contributed by atoms with van der Waals surface area (Å²) in [7, 11) is 0. The fraction of sp³-hybridized carbons (Fsp3) is 0.950. The van der Waals surface area contributed by atoms with Crippen molar-refractivity contribution in [3.05, 3.63) is 10.1 Å². The third-order valence-electron chi connectivity index (χ3n) is 4.73. The molecule has 0 aromatic heterocycles. The van der Waals surface area contributed by atoms with Gasteiger partial charge in [-0.1, -0.05) is 90.9 Å². The van der Waals surface area contributed by atoms with Gasteiger partial charge in [0.25, 0.3) is 6.04 Å². The topological polar surface area (TPSA) is 60.2 Å². The van der Waals surface area contributed by atoms with Crippen LogP contribution in [-0.4, -0.2) is 16.7 Å². The summed E-state index contributed by atoms with van der Waals surface area (Å²) in [5.41, 5.74) is 0. The minimum absolute atomic E-state index is 0.166. The molecule has 24 heavy (non-hydrogen) atoms. The van der Waals surface area contributed by atoms with Gasteiger partial charge in [-0.05, 0) is 12.8 Å². The Morgan fingerprint density at radius 2 is 1.17 bits per heavy atom. The van der Waals surface area contributed by atoms with Gasteiger partial charge in [-0.15, -0.1) is 0 Å². The van der Waals surface area contributed by atoms with Crippen LogP contribution in [0.2, 0.25) is 0 Å². The fourth-order valence-electron chi connectivity index (χ4n) is 3.09. The van der Waals surface area contributed by atoms with Crippen LogP contribution < -0.4 is 0 Å². The molecule has 0 heterocycles. The molecule has 0 bridgehead atoms. The van der Waals surface area contributed by atoms with E-state index in [1.54, 1.807) is 0 Å². The van der Waals surface area contributed by atoms with Crippen molar-refractivity contribution >= 4 is 5.78 Å². The molecule has 4 heteroatoms. The first-order valence-corrected chi connectivity index (χ1v) is 10.3. The Balaban J connectivity index is 3.48. The smallest absolute Gasteiger partial charge is 0.270 e. The van der Waals surface area contributed by atoms with Gasteiger partial charge in [-0.25, -0.2) is 0 Å². The van der Waals surface area contributed by atoms with Crippen LogP contribution in [0.25, 0.3) is 0 Å². The molecule has 0 aromatic carbocycles. The zero-order valence-electron chi connectivity index (χ0n) is 16.1. The maximum Gasteiger partial charge on any atom is 0.270 e. The van der Waals surface area contributed by atoms with Gasteiger partial charge < -0.3 is 0 Å². The fourth-order valence-corrected chi connectivity index (χ4v) is 3.09. The molecule has 0 aliphatic rings. The lowest BCUT2D eigenvalue weighted by atomic mass is 10.00. The number of rotatable bonds is 18. The Hall–Kier alpha value is -0.930. The zero-order valence-corrected chi connectivity index (χ0v) is 16.1. The van der Waals surface area contributed by atoms with Crippen molar-refractivity contribution in [1.29, 1.82) is 0 Å². The molecule has 0 aromatic rings. The molecule has 0 radical (unpaired) electrons. The van der Waals surface area contributed by atoms with Crippen molar-refractivity contribution < 1.29 is 9.72 Å². The molecule has 0 aliphatic heterocycles. The Bertz CT molecular complexity index is 318. The molecule has 142 valence electrons. The zero-order chi connectivity index (χ0) is 18.0. The van der Waals surface area contributed by atoms with Crippen molar-refractivity contribution in [2.24, 2.45) is 0 Å². The Kier molecular flexibility index (Phi) is 16.3. The van der Waals surface area contributed by atoms with E-state index in [1.165, 1.54) is 57.8 Å². The monoisotopic (exact) mass is 341 g/mol. The predicted octanol–water partition coefficient (Wildman–Crippen LogP) is 6.48. The standard InChI is InChI=1S/C20H39NO3/c1-3-5-7-8-9-10-11-12-13-14-15-16-18-20(22)19(21(23)24)17-6-4-2/h19H,3-18H2,1-2H3. The first-order valence-electron chi connectivity index (χ1n) is 10.3. The van der Waals surface area contributed by atoms with Gasteiger partial charge >= 0.3 is 0 Å². The van der Waals surface area contributed by atoms with Crippen LogP contribution in [-0.2, 0) is 4.79 Å². The van der Waals surface area contributed by atoms with Crippen molar-refractivity contribution in [2.75, 3.05) is 0 Å². The summed E-state index contributed by atoms with van der Waals surface area (Å²) < 4.78 is 0. The van der Waals surface area contributed by atoms with Crippen LogP contribution >= 0.6 is 0 Å². The predicted molar refractivity (Wildman–Crippen MR) is 101 cm³/mol. The molecule has 0 spiro atoms. The average molecular weight is 342 g/mol. The van der Waals surface area contributed by atoms with E-state index in [0.29, 0.717) is 12.8 Å². The molecule has 1 unspecified atom stereocenters. The minimum atomic E-state index is -0.961. The summed E-state index contributed by atoms with van der Waals surface area (Å²) >= 11 is 0. The Morgan fingerprint density at radius 1 is 0.750 bits per heavy atom. The number of nitrogens with zero attached hydrogens (tertiary/aromatic N) is 1. The van der Waals surface area contributed by atoms with Crippen LogP contribution in [0.1, 0.15) is 117 Å². The normalized spacial score (nSPS) is 12.2. The molecule has 0 amide bonds. The van der Waals surface area contributed by atoms with Crippen LogP contribution in [0.15, 0.2) is 0 Å². The SMILES string of the molecule is CCCCCCCCCCCCCCC(=O)C(CCCC)[N+](=O)[O-]. The highest BCUT2D eigenvalue weighted by Gasteiger charge is 2.27. The van der Waals surface area contributed by atoms with Gasteiger partial charge in [0.1, 0.15) is 0 Å². The average Bonchev–Trinajstić information content (AvgIpc) is 2.56. The van der Waals surface area contributed by atoms with E-state index in [4.69, 9.17) is 0 Å². The highest BCUT2D eigenvalue weighted by molar-refractivity contribution is 5.82. The second-order valence-corrected chi connectivity index (χ2v) is 7.05. The maximum atomic E-state index is 11.9. The van der Waals surface area contributed by atoms with Gasteiger partial charge in [0.05, 0.1) is 0 Å². The van der Waals surface area contributed by atoms with E-state index >= 15 is 0 Å². The summed E-state index contributed by atoms with van der Waals surface area (Å²) in [5, 5.41) is 11.0. The lowest BCUT2D eigenvalue weighted by molar-refractivity contribution is -0.508. The number of carbonyl (C=O) groups is 1. The Morgan fingerprint density at radius 3 is 1.58 bits per heavy atom. The minimum Gasteiger partial charge on any atom is -0.292 e. The van der Waals surface area contributed by atoms with E-state index in [0.717, 1.165) is 32.1 Å². The van der Waals surface area contributed by atoms with E-state index in [2.05, 4.69) is 6.92 Å². The molecule has 0 N–H and O–H groups in total. The maximum absolute atomic E-state index is 11.9. The van der Waals surface area contributed by atoms with Crippen molar-refractivity contribution in [3.8, 4) is 0 Å². The number of nitro groups is 1. The van der Waals surface area contributed by atoms with Crippen molar-refractivity contribution in [3.63, 3.8) is 0 Å². The number of hydrogen-bond donors (Lipinski definition) is 0. The first-order chi connectivity index (χ1) is 11.6.